The molecule has 0 aliphatic carbocycles. The highest BCUT2D eigenvalue weighted by molar-refractivity contribution is 7.15. The number of piperazine rings is 1. The quantitative estimate of drug-likeness (QED) is 0.666. The Kier molecular flexibility index (Phi) is 5.34. The van der Waals surface area contributed by atoms with Crippen LogP contribution in [0.4, 0.5) is 14.5 Å². The Hall–Kier alpha value is -2.80. The number of halogens is 2. The van der Waals surface area contributed by atoms with Gasteiger partial charge in [0.25, 0.3) is 0 Å². The minimum Gasteiger partial charge on any atom is -0.368 e. The number of hydrogen-bond acceptors (Lipinski definition) is 4. The molecule has 1 saturated heterocycles. The van der Waals surface area contributed by atoms with Crippen LogP contribution in [0.3, 0.4) is 0 Å². The van der Waals surface area contributed by atoms with E-state index >= 15 is 0 Å². The van der Waals surface area contributed by atoms with Gasteiger partial charge in [0.15, 0.2) is 0 Å². The van der Waals surface area contributed by atoms with Crippen LogP contribution in [-0.2, 0) is 11.2 Å². The second-order valence-electron chi connectivity index (χ2n) is 6.63. The predicted molar refractivity (Wildman–Crippen MR) is 106 cm³/mol. The normalized spacial score (nSPS) is 14.4. The van der Waals surface area contributed by atoms with Crippen molar-refractivity contribution in [1.82, 2.24) is 9.88 Å². The lowest BCUT2D eigenvalue weighted by Gasteiger charge is -2.36. The SMILES string of the molecule is O=C(Cc1cnc(-c2ccccc2F)s1)N1CCN(c2ccc(F)cc2)CC1. The van der Waals surface area contributed by atoms with Gasteiger partial charge in [-0.15, -0.1) is 11.3 Å². The van der Waals surface area contributed by atoms with Crippen molar-refractivity contribution in [2.75, 3.05) is 31.1 Å². The molecule has 0 radical (unpaired) electrons. The fraction of sp³-hybridized carbons (Fsp3) is 0.238. The number of carbonyl (C=O) groups is 1. The zero-order chi connectivity index (χ0) is 19.5. The topological polar surface area (TPSA) is 36.4 Å². The van der Waals surface area contributed by atoms with Crippen molar-refractivity contribution < 1.29 is 13.6 Å². The van der Waals surface area contributed by atoms with E-state index in [0.717, 1.165) is 10.6 Å². The second-order valence-corrected chi connectivity index (χ2v) is 7.75. The third-order valence-corrected chi connectivity index (χ3v) is 5.84. The van der Waals surface area contributed by atoms with E-state index in [1.807, 2.05) is 4.90 Å². The van der Waals surface area contributed by atoms with Gasteiger partial charge in [-0.25, -0.2) is 13.8 Å². The van der Waals surface area contributed by atoms with Crippen molar-refractivity contribution in [2.24, 2.45) is 0 Å². The molecule has 0 atom stereocenters. The van der Waals surface area contributed by atoms with Crippen LogP contribution in [0.25, 0.3) is 10.6 Å². The van der Waals surface area contributed by atoms with Gasteiger partial charge >= 0.3 is 0 Å². The number of thiazole rings is 1. The first-order valence-corrected chi connectivity index (χ1v) is 9.90. The van der Waals surface area contributed by atoms with E-state index < -0.39 is 0 Å². The summed E-state index contributed by atoms with van der Waals surface area (Å²) >= 11 is 1.35. The van der Waals surface area contributed by atoms with Gasteiger partial charge in [0.05, 0.1) is 6.42 Å². The summed E-state index contributed by atoms with van der Waals surface area (Å²) in [6, 6.07) is 12.9. The van der Waals surface area contributed by atoms with Crippen molar-refractivity contribution in [2.45, 2.75) is 6.42 Å². The molecule has 4 rings (SSSR count). The lowest BCUT2D eigenvalue weighted by molar-refractivity contribution is -0.130. The van der Waals surface area contributed by atoms with Crippen LogP contribution in [0.2, 0.25) is 0 Å². The van der Waals surface area contributed by atoms with Crippen LogP contribution in [0.1, 0.15) is 4.88 Å². The number of amides is 1. The fourth-order valence-electron chi connectivity index (χ4n) is 3.28. The van der Waals surface area contributed by atoms with Gasteiger partial charge in [-0.2, -0.15) is 0 Å². The molecule has 1 amide bonds. The maximum Gasteiger partial charge on any atom is 0.228 e. The zero-order valence-corrected chi connectivity index (χ0v) is 16.0. The van der Waals surface area contributed by atoms with Gasteiger partial charge in [0.1, 0.15) is 16.6 Å². The minimum atomic E-state index is -0.313. The maximum absolute atomic E-state index is 13.9. The Morgan fingerprint density at radius 1 is 1.00 bits per heavy atom. The molecular formula is C21H19F2N3OS. The summed E-state index contributed by atoms with van der Waals surface area (Å²) in [6.45, 7) is 2.66. The van der Waals surface area contributed by atoms with Crippen molar-refractivity contribution >= 4 is 22.9 Å². The molecule has 3 aromatic rings. The molecule has 0 N–H and O–H groups in total. The molecule has 2 aromatic carbocycles. The Bertz CT molecular complexity index is 966. The first kappa shape index (κ1) is 18.6. The summed E-state index contributed by atoms with van der Waals surface area (Å²) in [7, 11) is 0. The summed E-state index contributed by atoms with van der Waals surface area (Å²) < 4.78 is 27.0. The van der Waals surface area contributed by atoms with E-state index in [0.29, 0.717) is 36.8 Å². The number of rotatable bonds is 4. The molecule has 1 aliphatic rings. The van der Waals surface area contributed by atoms with Crippen molar-refractivity contribution in [3.63, 3.8) is 0 Å². The van der Waals surface area contributed by atoms with E-state index in [1.54, 1.807) is 36.5 Å². The van der Waals surface area contributed by atoms with Crippen molar-refractivity contribution in [3.8, 4) is 10.6 Å². The highest BCUT2D eigenvalue weighted by atomic mass is 32.1. The van der Waals surface area contributed by atoms with E-state index in [9.17, 15) is 13.6 Å². The third-order valence-electron chi connectivity index (χ3n) is 4.81. The largest absolute Gasteiger partial charge is 0.368 e. The third kappa shape index (κ3) is 4.04. The summed E-state index contributed by atoms with van der Waals surface area (Å²) in [4.78, 5) is 21.7. The Balaban J connectivity index is 1.35. The zero-order valence-electron chi connectivity index (χ0n) is 15.1. The van der Waals surface area contributed by atoms with Gasteiger partial charge in [0.2, 0.25) is 5.91 Å². The summed E-state index contributed by atoms with van der Waals surface area (Å²) in [5.74, 6) is -0.522. The first-order chi connectivity index (χ1) is 13.6. The number of nitrogens with zero attached hydrogens (tertiary/aromatic N) is 3. The van der Waals surface area contributed by atoms with Gasteiger partial charge in [-0.1, -0.05) is 12.1 Å². The van der Waals surface area contributed by atoms with E-state index in [4.69, 9.17) is 0 Å². The van der Waals surface area contributed by atoms with Gasteiger partial charge < -0.3 is 9.80 Å². The molecule has 4 nitrogen and oxygen atoms in total. The molecule has 0 spiro atoms. The van der Waals surface area contributed by atoms with Crippen LogP contribution < -0.4 is 4.90 Å². The molecule has 0 bridgehead atoms. The number of aromatic nitrogens is 1. The standard InChI is InChI=1S/C21H19F2N3OS/c22-15-5-7-16(8-6-15)25-9-11-26(12-10-25)20(27)13-17-14-24-21(28-17)18-3-1-2-4-19(18)23/h1-8,14H,9-13H2. The van der Waals surface area contributed by atoms with Crippen LogP contribution in [-0.4, -0.2) is 42.0 Å². The highest BCUT2D eigenvalue weighted by Gasteiger charge is 2.22. The molecule has 2 heterocycles. The molecule has 1 fully saturated rings. The fourth-order valence-corrected chi connectivity index (χ4v) is 4.21. The van der Waals surface area contributed by atoms with Crippen LogP contribution in [0.15, 0.2) is 54.7 Å². The molecule has 1 aliphatic heterocycles. The summed E-state index contributed by atoms with van der Waals surface area (Å²) in [5, 5.41) is 0.585. The molecular weight excluding hydrogens is 380 g/mol. The van der Waals surface area contributed by atoms with Crippen LogP contribution >= 0.6 is 11.3 Å². The number of hydrogen-bond donors (Lipinski definition) is 0. The Morgan fingerprint density at radius 3 is 2.43 bits per heavy atom. The molecule has 0 saturated carbocycles. The molecule has 1 aromatic heterocycles. The smallest absolute Gasteiger partial charge is 0.228 e. The lowest BCUT2D eigenvalue weighted by atomic mass is 10.2. The first-order valence-electron chi connectivity index (χ1n) is 9.08. The number of anilines is 1. The predicted octanol–water partition coefficient (Wildman–Crippen LogP) is 3.98. The van der Waals surface area contributed by atoms with Crippen molar-refractivity contribution in [3.05, 3.63) is 71.2 Å². The molecule has 144 valence electrons. The summed E-state index contributed by atoms with van der Waals surface area (Å²) in [6.07, 6.45) is 1.92. The molecule has 28 heavy (non-hydrogen) atoms. The number of benzene rings is 2. The van der Waals surface area contributed by atoms with Gasteiger partial charge in [0, 0.05) is 48.5 Å². The van der Waals surface area contributed by atoms with Gasteiger partial charge in [-0.3, -0.25) is 4.79 Å². The Morgan fingerprint density at radius 2 is 1.71 bits per heavy atom. The maximum atomic E-state index is 13.9. The molecule has 0 unspecified atom stereocenters. The van der Waals surface area contributed by atoms with E-state index in [2.05, 4.69) is 9.88 Å². The average Bonchev–Trinajstić information content (AvgIpc) is 3.17. The summed E-state index contributed by atoms with van der Waals surface area (Å²) in [5.41, 5.74) is 1.42. The van der Waals surface area contributed by atoms with Crippen molar-refractivity contribution in [1.29, 1.82) is 0 Å². The monoisotopic (exact) mass is 399 g/mol. The minimum absolute atomic E-state index is 0.0440. The lowest BCUT2D eigenvalue weighted by Crippen LogP contribution is -2.49. The van der Waals surface area contributed by atoms with E-state index in [-0.39, 0.29) is 24.0 Å². The van der Waals surface area contributed by atoms with Gasteiger partial charge in [-0.05, 0) is 36.4 Å². The highest BCUT2D eigenvalue weighted by Crippen LogP contribution is 2.28. The number of carbonyl (C=O) groups excluding carboxylic acids is 1. The van der Waals surface area contributed by atoms with Crippen LogP contribution in [0, 0.1) is 11.6 Å². The average molecular weight is 399 g/mol. The van der Waals surface area contributed by atoms with E-state index in [1.165, 1.54) is 29.5 Å². The van der Waals surface area contributed by atoms with Crippen LogP contribution in [0.5, 0.6) is 0 Å². The Labute approximate surface area is 166 Å². The second kappa shape index (κ2) is 8.06. The molecule has 7 heteroatoms.